The summed E-state index contributed by atoms with van der Waals surface area (Å²) in [4.78, 5) is 9.92. The van der Waals surface area contributed by atoms with Gasteiger partial charge in [0.25, 0.3) is 0 Å². The Hall–Kier alpha value is -1.18. The number of hydrogen-bond acceptors (Lipinski definition) is 1. The van der Waals surface area contributed by atoms with E-state index in [0.717, 1.165) is 0 Å². The van der Waals surface area contributed by atoms with E-state index in [2.05, 4.69) is 13.2 Å². The van der Waals surface area contributed by atoms with Crippen LogP contribution in [-0.2, 0) is 4.79 Å². The lowest BCUT2D eigenvalue weighted by Crippen LogP contribution is -1.81. The van der Waals surface area contributed by atoms with E-state index < -0.39 is 5.83 Å². The van der Waals surface area contributed by atoms with Crippen molar-refractivity contribution in [1.82, 2.24) is 0 Å². The Labute approximate surface area is 53.2 Å². The van der Waals surface area contributed by atoms with Gasteiger partial charge in [0.15, 0.2) is 6.29 Å². The molecule has 0 bridgehead atoms. The minimum Gasteiger partial charge on any atom is -0.298 e. The summed E-state index contributed by atoms with van der Waals surface area (Å²) >= 11 is 0. The van der Waals surface area contributed by atoms with Gasteiger partial charge in [-0.05, 0) is 6.08 Å². The van der Waals surface area contributed by atoms with Gasteiger partial charge >= 0.3 is 0 Å². The van der Waals surface area contributed by atoms with Crippen LogP contribution < -0.4 is 0 Å². The second-order valence-electron chi connectivity index (χ2n) is 1.38. The highest BCUT2D eigenvalue weighted by Crippen LogP contribution is 2.04. The molecule has 0 fully saturated rings. The zero-order chi connectivity index (χ0) is 7.28. The maximum absolute atomic E-state index is 12.0. The van der Waals surface area contributed by atoms with Crippen molar-refractivity contribution < 1.29 is 9.18 Å². The molecule has 2 heteroatoms. The molecule has 0 radical (unpaired) electrons. The van der Waals surface area contributed by atoms with Crippen molar-refractivity contribution >= 4 is 6.29 Å². The van der Waals surface area contributed by atoms with Gasteiger partial charge in [0.2, 0.25) is 0 Å². The van der Waals surface area contributed by atoms with Gasteiger partial charge < -0.3 is 0 Å². The zero-order valence-electron chi connectivity index (χ0n) is 4.93. The molecule has 0 N–H and O–H groups in total. The topological polar surface area (TPSA) is 17.1 Å². The lowest BCUT2D eigenvalue weighted by molar-refractivity contribution is -0.104. The van der Waals surface area contributed by atoms with Crippen LogP contribution in [0.4, 0.5) is 4.39 Å². The van der Waals surface area contributed by atoms with Crippen molar-refractivity contribution in [2.24, 2.45) is 0 Å². The molecule has 0 aromatic heterocycles. The fourth-order valence-electron chi connectivity index (χ4n) is 0.321. The van der Waals surface area contributed by atoms with Gasteiger partial charge in [0.05, 0.1) is 0 Å². The fourth-order valence-corrected chi connectivity index (χ4v) is 0.321. The number of aldehydes is 1. The summed E-state index contributed by atoms with van der Waals surface area (Å²) in [7, 11) is 0. The molecular weight excluding hydrogens is 119 g/mol. The maximum Gasteiger partial charge on any atom is 0.152 e. The minimum absolute atomic E-state index is 0.0648. The summed E-state index contributed by atoms with van der Waals surface area (Å²) < 4.78 is 12.0. The van der Waals surface area contributed by atoms with Crippen LogP contribution in [-0.4, -0.2) is 6.29 Å². The van der Waals surface area contributed by atoms with Gasteiger partial charge in [-0.3, -0.25) is 4.79 Å². The van der Waals surface area contributed by atoms with Crippen molar-refractivity contribution in [2.75, 3.05) is 0 Å². The average Bonchev–Trinajstić information content (AvgIpc) is 1.82. The van der Waals surface area contributed by atoms with Crippen molar-refractivity contribution in [3.05, 3.63) is 36.7 Å². The fraction of sp³-hybridized carbons (Fsp3) is 0. The third-order valence-electron chi connectivity index (χ3n) is 0.738. The van der Waals surface area contributed by atoms with Crippen molar-refractivity contribution in [3.63, 3.8) is 0 Å². The van der Waals surface area contributed by atoms with Crippen LogP contribution in [0, 0.1) is 0 Å². The highest BCUT2D eigenvalue weighted by atomic mass is 19.1. The second kappa shape index (κ2) is 3.78. The predicted octanol–water partition coefficient (Wildman–Crippen LogP) is 1.78. The van der Waals surface area contributed by atoms with Crippen LogP contribution in [0.25, 0.3) is 0 Å². The standard InChI is InChI=1S/C7H7FO/c1-3-4-7(5-9)6(2)8/h3-5H,1-2H2/b7-4-. The number of halogens is 1. The third kappa shape index (κ3) is 2.59. The summed E-state index contributed by atoms with van der Waals surface area (Å²) in [6.07, 6.45) is 2.98. The monoisotopic (exact) mass is 126 g/mol. The van der Waals surface area contributed by atoms with E-state index in [0.29, 0.717) is 6.29 Å². The Morgan fingerprint density at radius 1 is 1.56 bits per heavy atom. The highest BCUT2D eigenvalue weighted by molar-refractivity contribution is 5.79. The predicted molar refractivity (Wildman–Crippen MR) is 34.6 cm³/mol. The molecule has 0 aromatic rings. The van der Waals surface area contributed by atoms with Gasteiger partial charge in [-0.1, -0.05) is 19.2 Å². The first-order valence-electron chi connectivity index (χ1n) is 2.35. The van der Waals surface area contributed by atoms with E-state index >= 15 is 0 Å². The molecular formula is C7H7FO. The molecule has 0 unspecified atom stereocenters. The van der Waals surface area contributed by atoms with Crippen LogP contribution in [0.5, 0.6) is 0 Å². The van der Waals surface area contributed by atoms with Crippen LogP contribution in [0.2, 0.25) is 0 Å². The molecule has 0 aliphatic rings. The van der Waals surface area contributed by atoms with Crippen molar-refractivity contribution in [3.8, 4) is 0 Å². The largest absolute Gasteiger partial charge is 0.298 e. The second-order valence-corrected chi connectivity index (χ2v) is 1.38. The van der Waals surface area contributed by atoms with Gasteiger partial charge in [0.1, 0.15) is 5.83 Å². The summed E-state index contributed by atoms with van der Waals surface area (Å²) in [6, 6.07) is 0. The first kappa shape index (κ1) is 7.82. The lowest BCUT2D eigenvalue weighted by atomic mass is 10.2. The van der Waals surface area contributed by atoms with Gasteiger partial charge in [-0.2, -0.15) is 0 Å². The normalized spacial score (nSPS) is 10.6. The van der Waals surface area contributed by atoms with E-state index in [1.54, 1.807) is 0 Å². The molecule has 0 spiro atoms. The molecule has 0 heterocycles. The molecule has 1 nitrogen and oxygen atoms in total. The molecule has 48 valence electrons. The van der Waals surface area contributed by atoms with E-state index in [9.17, 15) is 9.18 Å². The van der Waals surface area contributed by atoms with Crippen LogP contribution in [0.15, 0.2) is 36.7 Å². The Balaban J connectivity index is 4.32. The number of carbonyl (C=O) groups is 1. The van der Waals surface area contributed by atoms with Gasteiger partial charge in [-0.15, -0.1) is 0 Å². The lowest BCUT2D eigenvalue weighted by Gasteiger charge is -1.87. The van der Waals surface area contributed by atoms with Crippen LogP contribution in [0.3, 0.4) is 0 Å². The molecule has 0 saturated heterocycles. The van der Waals surface area contributed by atoms with Crippen LogP contribution in [0.1, 0.15) is 0 Å². The van der Waals surface area contributed by atoms with E-state index in [1.165, 1.54) is 12.2 Å². The summed E-state index contributed by atoms with van der Waals surface area (Å²) in [5, 5.41) is 0. The van der Waals surface area contributed by atoms with Crippen molar-refractivity contribution in [1.29, 1.82) is 0 Å². The summed E-state index contributed by atoms with van der Waals surface area (Å²) in [5.74, 6) is -0.732. The van der Waals surface area contributed by atoms with Crippen molar-refractivity contribution in [2.45, 2.75) is 0 Å². The van der Waals surface area contributed by atoms with E-state index in [4.69, 9.17) is 0 Å². The molecule has 0 aromatic carbocycles. The smallest absolute Gasteiger partial charge is 0.152 e. The van der Waals surface area contributed by atoms with E-state index in [1.807, 2.05) is 0 Å². The molecule has 0 rings (SSSR count). The molecule has 0 amide bonds. The number of allylic oxidation sites excluding steroid dienone is 4. The summed E-state index contributed by atoms with van der Waals surface area (Å²) in [6.45, 7) is 6.22. The number of hydrogen-bond donors (Lipinski definition) is 0. The Morgan fingerprint density at radius 2 is 2.11 bits per heavy atom. The molecule has 0 saturated carbocycles. The van der Waals surface area contributed by atoms with Crippen LogP contribution >= 0.6 is 0 Å². The average molecular weight is 126 g/mol. The molecule has 9 heavy (non-hydrogen) atoms. The van der Waals surface area contributed by atoms with Gasteiger partial charge in [-0.25, -0.2) is 4.39 Å². The first-order chi connectivity index (χ1) is 4.22. The first-order valence-corrected chi connectivity index (χ1v) is 2.35. The molecule has 0 atom stereocenters. The SMILES string of the molecule is C=C/C=C(/C=O)C(=C)F. The Morgan fingerprint density at radius 3 is 2.22 bits per heavy atom. The van der Waals surface area contributed by atoms with E-state index in [-0.39, 0.29) is 5.57 Å². The van der Waals surface area contributed by atoms with Gasteiger partial charge in [0, 0.05) is 5.57 Å². The zero-order valence-corrected chi connectivity index (χ0v) is 4.93. The quantitative estimate of drug-likeness (QED) is 0.320. The number of carbonyl (C=O) groups excluding carboxylic acids is 1. The Bertz CT molecular complexity index is 168. The molecule has 0 aliphatic carbocycles. The minimum atomic E-state index is -0.732. The summed E-state index contributed by atoms with van der Waals surface area (Å²) in [5.41, 5.74) is -0.0648. The third-order valence-corrected chi connectivity index (χ3v) is 0.738. The number of rotatable bonds is 3. The highest BCUT2D eigenvalue weighted by Gasteiger charge is 1.95. The Kier molecular flexibility index (Phi) is 3.28. The molecule has 0 aliphatic heterocycles. The maximum atomic E-state index is 12.0.